The maximum absolute atomic E-state index is 12.3. The molecule has 0 aliphatic carbocycles. The molecule has 2 N–H and O–H groups in total. The van der Waals surface area contributed by atoms with Gasteiger partial charge in [0.05, 0.1) is 12.5 Å². The normalized spacial score (nSPS) is 14.2. The smallest absolute Gasteiger partial charge is 0.396 e. The van der Waals surface area contributed by atoms with Crippen molar-refractivity contribution in [3.05, 3.63) is 0 Å². The summed E-state index contributed by atoms with van der Waals surface area (Å²) >= 11 is 0. The summed E-state index contributed by atoms with van der Waals surface area (Å²) in [6, 6.07) is -1.70. The molecule has 0 aliphatic heterocycles. The van der Waals surface area contributed by atoms with Gasteiger partial charge in [-0.2, -0.15) is 13.2 Å². The summed E-state index contributed by atoms with van der Waals surface area (Å²) in [5, 5.41) is 0. The number of alkyl halides is 3. The summed E-state index contributed by atoms with van der Waals surface area (Å²) in [6.07, 6.45) is -4.53. The number of rotatable bonds is 2. The van der Waals surface area contributed by atoms with Crippen molar-refractivity contribution in [2.45, 2.75) is 26.1 Å². The Morgan fingerprint density at radius 1 is 1.36 bits per heavy atom. The van der Waals surface area contributed by atoms with Crippen LogP contribution in [0.3, 0.4) is 0 Å². The molecule has 0 heterocycles. The average molecular weight is 236 g/mol. The molecule has 0 bridgehead atoms. The van der Waals surface area contributed by atoms with Crippen molar-refractivity contribution < 1.29 is 22.7 Å². The molecule has 0 rings (SSSR count). The molecule has 14 heavy (non-hydrogen) atoms. The van der Waals surface area contributed by atoms with Crippen LogP contribution in [0.4, 0.5) is 13.2 Å². The molecule has 1 atom stereocenters. The summed E-state index contributed by atoms with van der Waals surface area (Å²) in [7, 11) is 0.995. The highest BCUT2D eigenvalue weighted by Gasteiger charge is 2.53. The van der Waals surface area contributed by atoms with Crippen LogP contribution in [0, 0.1) is 5.41 Å². The number of nitrogens with two attached hydrogens (primary N) is 1. The fraction of sp³-hybridized carbons (Fsp3) is 0.857. The van der Waals surface area contributed by atoms with Gasteiger partial charge >= 0.3 is 12.1 Å². The van der Waals surface area contributed by atoms with Gasteiger partial charge in [0, 0.05) is 0 Å². The first kappa shape index (κ1) is 16.0. The summed E-state index contributed by atoms with van der Waals surface area (Å²) in [5.41, 5.74) is 2.82. The Balaban J connectivity index is 0. The predicted octanol–water partition coefficient (Wildman–Crippen LogP) is 1.50. The molecule has 86 valence electrons. The molecular weight excluding hydrogens is 223 g/mol. The summed E-state index contributed by atoms with van der Waals surface area (Å²) in [5.74, 6) is -1.07. The van der Waals surface area contributed by atoms with Crippen LogP contribution in [-0.4, -0.2) is 25.3 Å². The first-order chi connectivity index (χ1) is 5.64. The van der Waals surface area contributed by atoms with Crippen LogP contribution in [0.2, 0.25) is 0 Å². The number of halogens is 4. The average Bonchev–Trinajstić information content (AvgIpc) is 1.99. The predicted molar refractivity (Wildman–Crippen MR) is 47.1 cm³/mol. The number of carbonyl (C=O) groups is 1. The number of esters is 1. The second-order valence-corrected chi connectivity index (χ2v) is 3.22. The third kappa shape index (κ3) is 3.02. The van der Waals surface area contributed by atoms with E-state index in [1.54, 1.807) is 0 Å². The van der Waals surface area contributed by atoms with Crippen LogP contribution in [-0.2, 0) is 9.53 Å². The van der Waals surface area contributed by atoms with E-state index in [4.69, 9.17) is 5.73 Å². The lowest BCUT2D eigenvalue weighted by Gasteiger charge is -2.31. The van der Waals surface area contributed by atoms with Crippen molar-refractivity contribution in [1.82, 2.24) is 0 Å². The molecule has 0 saturated carbocycles. The second kappa shape index (κ2) is 4.84. The Morgan fingerprint density at radius 2 is 1.71 bits per heavy atom. The maximum atomic E-state index is 12.3. The topological polar surface area (TPSA) is 52.3 Å². The lowest BCUT2D eigenvalue weighted by atomic mass is 9.84. The Kier molecular flexibility index (Phi) is 5.51. The number of carbonyl (C=O) groups excluding carboxylic acids is 1. The van der Waals surface area contributed by atoms with Gasteiger partial charge in [-0.25, -0.2) is 0 Å². The fourth-order valence-corrected chi connectivity index (χ4v) is 0.598. The van der Waals surface area contributed by atoms with Crippen LogP contribution in [0.5, 0.6) is 0 Å². The third-order valence-corrected chi connectivity index (χ3v) is 1.96. The van der Waals surface area contributed by atoms with Gasteiger partial charge in [-0.05, 0) is 13.8 Å². The highest BCUT2D eigenvalue weighted by molar-refractivity contribution is 5.85. The van der Waals surface area contributed by atoms with Crippen molar-refractivity contribution in [2.24, 2.45) is 11.1 Å². The van der Waals surface area contributed by atoms with Gasteiger partial charge < -0.3 is 10.5 Å². The highest BCUT2D eigenvalue weighted by atomic mass is 35.5. The zero-order chi connectivity index (χ0) is 10.9. The van der Waals surface area contributed by atoms with Gasteiger partial charge in [-0.3, -0.25) is 4.79 Å². The lowest BCUT2D eigenvalue weighted by Crippen LogP contribution is -2.52. The molecule has 0 radical (unpaired) electrons. The third-order valence-electron chi connectivity index (χ3n) is 1.96. The van der Waals surface area contributed by atoms with Crippen molar-refractivity contribution in [3.8, 4) is 0 Å². The van der Waals surface area contributed by atoms with Gasteiger partial charge in [-0.1, -0.05) is 0 Å². The van der Waals surface area contributed by atoms with Crippen molar-refractivity contribution >= 4 is 18.4 Å². The molecular formula is C7H13ClF3NO2. The number of ether oxygens (including phenoxy) is 1. The maximum Gasteiger partial charge on any atom is 0.396 e. The summed E-state index contributed by atoms with van der Waals surface area (Å²) in [6.45, 7) is 1.71. The van der Waals surface area contributed by atoms with Crippen LogP contribution >= 0.6 is 12.4 Å². The minimum atomic E-state index is -4.53. The molecule has 0 aromatic heterocycles. The van der Waals surface area contributed by atoms with Crippen LogP contribution in [0.15, 0.2) is 0 Å². The highest BCUT2D eigenvalue weighted by Crippen LogP contribution is 2.39. The van der Waals surface area contributed by atoms with Gasteiger partial charge in [0.25, 0.3) is 0 Å². The Labute approximate surface area is 86.2 Å². The quantitative estimate of drug-likeness (QED) is 0.738. The van der Waals surface area contributed by atoms with E-state index in [0.717, 1.165) is 21.0 Å². The van der Waals surface area contributed by atoms with Crippen LogP contribution in [0.1, 0.15) is 13.8 Å². The summed E-state index contributed by atoms with van der Waals surface area (Å²) < 4.78 is 41.0. The van der Waals surface area contributed by atoms with E-state index in [2.05, 4.69) is 4.74 Å². The Morgan fingerprint density at radius 3 is 1.93 bits per heavy atom. The number of hydrogen-bond donors (Lipinski definition) is 1. The van der Waals surface area contributed by atoms with Gasteiger partial charge in [-0.15, -0.1) is 12.4 Å². The van der Waals surface area contributed by atoms with Gasteiger partial charge in [0.2, 0.25) is 0 Å². The number of methoxy groups -OCH3 is 1. The molecule has 0 fully saturated rings. The first-order valence-corrected chi connectivity index (χ1v) is 3.54. The largest absolute Gasteiger partial charge is 0.468 e. The fourth-order valence-electron chi connectivity index (χ4n) is 0.598. The minimum absolute atomic E-state index is 0. The van der Waals surface area contributed by atoms with E-state index in [1.165, 1.54) is 0 Å². The monoisotopic (exact) mass is 235 g/mol. The Bertz CT molecular complexity index is 206. The van der Waals surface area contributed by atoms with Crippen LogP contribution < -0.4 is 5.73 Å². The van der Waals surface area contributed by atoms with E-state index in [1.807, 2.05) is 0 Å². The second-order valence-electron chi connectivity index (χ2n) is 3.22. The summed E-state index contributed by atoms with van der Waals surface area (Å²) in [4.78, 5) is 10.8. The van der Waals surface area contributed by atoms with Crippen molar-refractivity contribution in [2.75, 3.05) is 7.11 Å². The molecule has 7 heteroatoms. The van der Waals surface area contributed by atoms with Crippen LogP contribution in [0.25, 0.3) is 0 Å². The zero-order valence-corrected chi connectivity index (χ0v) is 8.83. The van der Waals surface area contributed by atoms with E-state index in [0.29, 0.717) is 0 Å². The SMILES string of the molecule is COC(=O)C(N)C(C)(C)C(F)(F)F.Cl. The lowest BCUT2D eigenvalue weighted by molar-refractivity contribution is -0.221. The molecule has 0 aromatic carbocycles. The van der Waals surface area contributed by atoms with E-state index >= 15 is 0 Å². The molecule has 1 unspecified atom stereocenters. The molecule has 0 spiro atoms. The van der Waals surface area contributed by atoms with E-state index in [-0.39, 0.29) is 12.4 Å². The number of hydrogen-bond acceptors (Lipinski definition) is 3. The molecule has 0 amide bonds. The zero-order valence-electron chi connectivity index (χ0n) is 8.01. The molecule has 0 aliphatic rings. The van der Waals surface area contributed by atoms with Crippen molar-refractivity contribution in [3.63, 3.8) is 0 Å². The van der Waals surface area contributed by atoms with E-state index < -0.39 is 23.6 Å². The standard InChI is InChI=1S/C7H12F3NO2.ClH/c1-6(2,7(8,9)10)4(11)5(12)13-3;/h4H,11H2,1-3H3;1H. The Hall–Kier alpha value is -0.490. The minimum Gasteiger partial charge on any atom is -0.468 e. The first-order valence-electron chi connectivity index (χ1n) is 3.54. The molecule has 0 saturated heterocycles. The van der Waals surface area contributed by atoms with E-state index in [9.17, 15) is 18.0 Å². The molecule has 0 aromatic rings. The van der Waals surface area contributed by atoms with Gasteiger partial charge in [0.1, 0.15) is 6.04 Å². The molecule has 3 nitrogen and oxygen atoms in total. The van der Waals surface area contributed by atoms with Crippen molar-refractivity contribution in [1.29, 1.82) is 0 Å². The van der Waals surface area contributed by atoms with Gasteiger partial charge in [0.15, 0.2) is 0 Å².